The van der Waals surface area contributed by atoms with E-state index in [0.717, 1.165) is 60.1 Å². The van der Waals surface area contributed by atoms with Gasteiger partial charge in [0.25, 0.3) is 0 Å². The minimum Gasteiger partial charge on any atom is -0.368 e. The van der Waals surface area contributed by atoms with Gasteiger partial charge < -0.3 is 21.3 Å². The lowest BCUT2D eigenvalue weighted by molar-refractivity contribution is -0.112. The summed E-state index contributed by atoms with van der Waals surface area (Å²) in [5.41, 5.74) is 5.07. The quantitative estimate of drug-likeness (QED) is 0.295. The number of anilines is 2. The van der Waals surface area contributed by atoms with E-state index in [2.05, 4.69) is 31.3 Å². The van der Waals surface area contributed by atoms with Crippen molar-refractivity contribution < 1.29 is 9.59 Å². The van der Waals surface area contributed by atoms with E-state index in [4.69, 9.17) is 0 Å². The van der Waals surface area contributed by atoms with Gasteiger partial charge in [-0.1, -0.05) is 48.5 Å². The van der Waals surface area contributed by atoms with Gasteiger partial charge >= 0.3 is 0 Å². The van der Waals surface area contributed by atoms with Crippen molar-refractivity contribution in [1.82, 2.24) is 10.6 Å². The van der Waals surface area contributed by atoms with E-state index in [0.29, 0.717) is 11.4 Å². The van der Waals surface area contributed by atoms with Crippen LogP contribution in [-0.4, -0.2) is 49.7 Å². The zero-order chi connectivity index (χ0) is 26.2. The topological polar surface area (TPSA) is 107 Å². The molecule has 0 aliphatic carbocycles. The summed E-state index contributed by atoms with van der Waals surface area (Å²) in [6.07, 6.45) is 6.49. The lowest BCUT2D eigenvalue weighted by Gasteiger charge is -2.06. The third-order valence-corrected chi connectivity index (χ3v) is 5.95. The van der Waals surface area contributed by atoms with Crippen molar-refractivity contribution in [1.29, 1.82) is 0 Å². The molecule has 0 spiro atoms. The van der Waals surface area contributed by atoms with Gasteiger partial charge in [-0.05, 0) is 47.5 Å². The zero-order valence-electron chi connectivity index (χ0n) is 21.6. The Morgan fingerprint density at radius 2 is 1.07 bits per heavy atom. The second kappa shape index (κ2) is 14.7. The average molecular weight is 578 g/mol. The van der Waals surface area contributed by atoms with Gasteiger partial charge in [-0.25, -0.2) is 0 Å². The molecular formula is C30H30Cl2N6O2. The Bertz CT molecular complexity index is 1350. The molecule has 0 atom stereocenters. The molecule has 10 heteroatoms. The number of carbonyl (C=O) groups is 2. The lowest BCUT2D eigenvalue weighted by Crippen LogP contribution is -2.19. The molecule has 2 heterocycles. The highest BCUT2D eigenvalue weighted by atomic mass is 35.5. The highest BCUT2D eigenvalue weighted by Gasteiger charge is 2.10. The van der Waals surface area contributed by atoms with Crippen LogP contribution in [-0.2, 0) is 9.59 Å². The first-order chi connectivity index (χ1) is 18.6. The van der Waals surface area contributed by atoms with Crippen LogP contribution in [0, 0.1) is 0 Å². The third kappa shape index (κ3) is 8.30. The number of hydrogen-bond acceptors (Lipinski definition) is 6. The molecule has 3 aromatic carbocycles. The average Bonchev–Trinajstić information content (AvgIpc) is 3.67. The number of amides is 2. The van der Waals surface area contributed by atoms with E-state index in [1.54, 1.807) is 12.2 Å². The molecule has 2 aliphatic heterocycles. The van der Waals surface area contributed by atoms with Gasteiger partial charge in [0, 0.05) is 47.7 Å². The van der Waals surface area contributed by atoms with E-state index in [-0.39, 0.29) is 36.6 Å². The van der Waals surface area contributed by atoms with E-state index in [1.165, 1.54) is 12.2 Å². The fraction of sp³-hybridized carbons (Fsp3) is 0.133. The Kier molecular flexibility index (Phi) is 11.1. The predicted octanol–water partition coefficient (Wildman–Crippen LogP) is 4.53. The number of amidine groups is 2. The fourth-order valence-electron chi connectivity index (χ4n) is 4.10. The maximum Gasteiger partial charge on any atom is 0.248 e. The number of benzene rings is 3. The second-order valence-electron chi connectivity index (χ2n) is 8.79. The van der Waals surface area contributed by atoms with Crippen LogP contribution in [0.1, 0.15) is 22.3 Å². The molecule has 2 amide bonds. The zero-order valence-corrected chi connectivity index (χ0v) is 23.2. The summed E-state index contributed by atoms with van der Waals surface area (Å²) in [7, 11) is 0. The van der Waals surface area contributed by atoms with Gasteiger partial charge in [0.15, 0.2) is 0 Å². The Balaban J connectivity index is 0.00000220. The first-order valence-corrected chi connectivity index (χ1v) is 12.5. The summed E-state index contributed by atoms with van der Waals surface area (Å²) >= 11 is 0. The largest absolute Gasteiger partial charge is 0.368 e. The van der Waals surface area contributed by atoms with Gasteiger partial charge in [0.05, 0.1) is 13.1 Å². The molecule has 0 saturated heterocycles. The minimum atomic E-state index is -0.219. The SMILES string of the molecule is Cl.Cl.O=C(C=Cc1ccc(C=CC(=O)Nc2cccc(C3=NCCN3)c2)cc1)Nc1cccc(C2=NCCN2)c1. The normalized spacial score (nSPS) is 13.9. The maximum absolute atomic E-state index is 12.4. The number of carbonyl (C=O) groups excluding carboxylic acids is 2. The van der Waals surface area contributed by atoms with E-state index in [1.807, 2.05) is 72.8 Å². The van der Waals surface area contributed by atoms with Crippen LogP contribution < -0.4 is 21.3 Å². The summed E-state index contributed by atoms with van der Waals surface area (Å²) in [6.45, 7) is 3.19. The van der Waals surface area contributed by atoms with Gasteiger partial charge in [-0.2, -0.15) is 0 Å². The molecule has 4 N–H and O–H groups in total. The third-order valence-electron chi connectivity index (χ3n) is 5.95. The molecular weight excluding hydrogens is 547 g/mol. The maximum atomic E-state index is 12.4. The van der Waals surface area contributed by atoms with E-state index >= 15 is 0 Å². The highest BCUT2D eigenvalue weighted by Crippen LogP contribution is 2.14. The number of hydrogen-bond donors (Lipinski definition) is 4. The molecule has 206 valence electrons. The standard InChI is InChI=1S/C30H28N6O2.2ClH/c37-27(35-25-5-1-3-23(19-25)29-31-15-16-32-29)13-11-21-7-9-22(10-8-21)12-14-28(38)36-26-6-2-4-24(20-26)30-33-17-18-34-30;;/h1-14,19-20H,15-18H2,(H,31,32)(H,33,34)(H,35,37)(H,36,38);2*1H. The molecule has 8 nitrogen and oxygen atoms in total. The number of rotatable bonds is 8. The molecule has 0 saturated carbocycles. The Labute approximate surface area is 245 Å². The van der Waals surface area contributed by atoms with E-state index in [9.17, 15) is 9.59 Å². The van der Waals surface area contributed by atoms with Crippen molar-refractivity contribution in [2.75, 3.05) is 36.8 Å². The molecule has 0 bridgehead atoms. The summed E-state index contributed by atoms with van der Waals surface area (Å²) in [5.74, 6) is 1.27. The monoisotopic (exact) mass is 576 g/mol. The number of halogens is 2. The van der Waals surface area contributed by atoms with E-state index < -0.39 is 0 Å². The molecule has 2 aliphatic rings. The fourth-order valence-corrected chi connectivity index (χ4v) is 4.10. The molecule has 40 heavy (non-hydrogen) atoms. The Hall–Kier alpha value is -4.40. The van der Waals surface area contributed by atoms with Crippen LogP contribution in [0.5, 0.6) is 0 Å². The summed E-state index contributed by atoms with van der Waals surface area (Å²) in [4.78, 5) is 33.6. The van der Waals surface area contributed by atoms with Crippen molar-refractivity contribution in [3.8, 4) is 0 Å². The van der Waals surface area contributed by atoms with Crippen molar-refractivity contribution >= 4 is 71.8 Å². The Morgan fingerprint density at radius 3 is 1.45 bits per heavy atom. The van der Waals surface area contributed by atoms with Crippen LogP contribution >= 0.6 is 24.8 Å². The predicted molar refractivity (Wildman–Crippen MR) is 168 cm³/mol. The van der Waals surface area contributed by atoms with Gasteiger partial charge in [0.1, 0.15) is 11.7 Å². The molecule has 0 fully saturated rings. The van der Waals surface area contributed by atoms with Gasteiger partial charge in [-0.3, -0.25) is 19.6 Å². The van der Waals surface area contributed by atoms with Crippen molar-refractivity contribution in [2.24, 2.45) is 9.98 Å². The second-order valence-corrected chi connectivity index (χ2v) is 8.79. The smallest absolute Gasteiger partial charge is 0.248 e. The van der Waals surface area contributed by atoms with Crippen LogP contribution in [0.25, 0.3) is 12.2 Å². The van der Waals surface area contributed by atoms with Crippen LogP contribution in [0.2, 0.25) is 0 Å². The molecule has 3 aromatic rings. The first-order valence-electron chi connectivity index (χ1n) is 12.5. The molecule has 0 aromatic heterocycles. The molecule has 0 unspecified atom stereocenters. The summed E-state index contributed by atoms with van der Waals surface area (Å²) < 4.78 is 0. The summed E-state index contributed by atoms with van der Waals surface area (Å²) in [5, 5.41) is 12.2. The lowest BCUT2D eigenvalue weighted by atomic mass is 10.1. The van der Waals surface area contributed by atoms with Gasteiger partial charge in [0.2, 0.25) is 11.8 Å². The van der Waals surface area contributed by atoms with Crippen LogP contribution in [0.15, 0.2) is 94.9 Å². The number of nitrogens with one attached hydrogen (secondary N) is 4. The van der Waals surface area contributed by atoms with Crippen molar-refractivity contribution in [3.63, 3.8) is 0 Å². The summed E-state index contributed by atoms with van der Waals surface area (Å²) in [6, 6.07) is 22.8. The van der Waals surface area contributed by atoms with Gasteiger partial charge in [-0.15, -0.1) is 24.8 Å². The highest BCUT2D eigenvalue weighted by molar-refractivity contribution is 6.05. The van der Waals surface area contributed by atoms with Crippen molar-refractivity contribution in [3.05, 3.63) is 107 Å². The van der Waals surface area contributed by atoms with Crippen LogP contribution in [0.3, 0.4) is 0 Å². The number of aliphatic imine (C=N–C) groups is 2. The molecule has 0 radical (unpaired) electrons. The first kappa shape index (κ1) is 30.1. The molecule has 5 rings (SSSR count). The Morgan fingerprint density at radius 1 is 0.650 bits per heavy atom. The number of nitrogens with zero attached hydrogens (tertiary/aromatic N) is 2. The minimum absolute atomic E-state index is 0. The van der Waals surface area contributed by atoms with Crippen LogP contribution in [0.4, 0.5) is 11.4 Å². The van der Waals surface area contributed by atoms with Crippen molar-refractivity contribution in [2.45, 2.75) is 0 Å².